The van der Waals surface area contributed by atoms with Crippen LogP contribution in [0.15, 0.2) is 46.5 Å². The first-order valence-corrected chi connectivity index (χ1v) is 5.61. The Balaban J connectivity index is 2.51. The molecule has 0 saturated heterocycles. The van der Waals surface area contributed by atoms with Crippen molar-refractivity contribution in [3.05, 3.63) is 42.5 Å². The number of alkyl halides is 3. The molecule has 0 aliphatic rings. The van der Waals surface area contributed by atoms with Crippen molar-refractivity contribution in [2.24, 2.45) is 0 Å². The van der Waals surface area contributed by atoms with Gasteiger partial charge in [0.1, 0.15) is 5.75 Å². The average Bonchev–Trinajstić information content (AvgIpc) is 2.72. The van der Waals surface area contributed by atoms with Crippen molar-refractivity contribution < 1.29 is 22.0 Å². The molecule has 0 unspecified atom stereocenters. The Hall–Kier alpha value is -2.17. The average molecular weight is 267 g/mol. The highest BCUT2D eigenvalue weighted by Crippen LogP contribution is 2.44. The number of para-hydroxylation sites is 1. The molecule has 0 saturated carbocycles. The lowest BCUT2D eigenvalue weighted by Gasteiger charge is -2.07. The molecule has 1 heterocycles. The van der Waals surface area contributed by atoms with Gasteiger partial charge in [-0.1, -0.05) is 25.3 Å². The van der Waals surface area contributed by atoms with Crippen molar-refractivity contribution in [2.45, 2.75) is 6.36 Å². The fraction of sp³-hybridized carbons (Fsp3) is 0.143. The number of furan rings is 1. The maximum Gasteiger partial charge on any atom is 0.701 e. The SMILES string of the molecule is COc1ccc2c(c1)c1ccccc1[o+]2C(F)(F)F. The molecular formula is C14H10F3O2+. The van der Waals surface area contributed by atoms with Crippen LogP contribution in [0, 0.1) is 0 Å². The van der Waals surface area contributed by atoms with Gasteiger partial charge in [0.05, 0.1) is 17.9 Å². The summed E-state index contributed by atoms with van der Waals surface area (Å²) >= 11 is 0. The summed E-state index contributed by atoms with van der Waals surface area (Å²) in [7, 11) is 1.48. The lowest BCUT2D eigenvalue weighted by Crippen LogP contribution is -2.03. The minimum absolute atomic E-state index is 0.0505. The zero-order valence-electron chi connectivity index (χ0n) is 9.99. The van der Waals surface area contributed by atoms with Crippen molar-refractivity contribution in [1.82, 2.24) is 0 Å². The summed E-state index contributed by atoms with van der Waals surface area (Å²) in [5, 5.41) is 1.02. The first-order chi connectivity index (χ1) is 9.02. The number of fused-ring (bicyclic) bond motifs is 3. The van der Waals surface area contributed by atoms with Crippen LogP contribution in [-0.4, -0.2) is 7.11 Å². The first-order valence-electron chi connectivity index (χ1n) is 5.61. The summed E-state index contributed by atoms with van der Waals surface area (Å²) in [6, 6.07) is 10.9. The van der Waals surface area contributed by atoms with Gasteiger partial charge < -0.3 is 8.78 Å². The molecule has 19 heavy (non-hydrogen) atoms. The van der Waals surface area contributed by atoms with Crippen LogP contribution in [-0.2, 0) is 6.36 Å². The molecule has 1 aromatic heterocycles. The van der Waals surface area contributed by atoms with Gasteiger partial charge in [-0.3, -0.25) is 0 Å². The van der Waals surface area contributed by atoms with Crippen molar-refractivity contribution in [3.63, 3.8) is 0 Å². The van der Waals surface area contributed by atoms with E-state index in [1.54, 1.807) is 24.3 Å². The zero-order valence-corrected chi connectivity index (χ0v) is 9.99. The minimum atomic E-state index is -4.53. The highest BCUT2D eigenvalue weighted by atomic mass is 19.4. The van der Waals surface area contributed by atoms with E-state index in [2.05, 4.69) is 0 Å². The molecule has 0 spiro atoms. The van der Waals surface area contributed by atoms with Crippen LogP contribution in [0.25, 0.3) is 21.9 Å². The summed E-state index contributed by atoms with van der Waals surface area (Å²) < 4.78 is 45.9. The predicted octanol–water partition coefficient (Wildman–Crippen LogP) is 4.76. The molecule has 2 nitrogen and oxygen atoms in total. The number of rotatable bonds is 1. The van der Waals surface area contributed by atoms with E-state index < -0.39 is 6.36 Å². The molecule has 0 atom stereocenters. The molecule has 98 valence electrons. The van der Waals surface area contributed by atoms with Crippen LogP contribution in [0.1, 0.15) is 0 Å². The zero-order chi connectivity index (χ0) is 13.6. The van der Waals surface area contributed by atoms with Gasteiger partial charge in [-0.2, -0.15) is 0 Å². The van der Waals surface area contributed by atoms with Crippen molar-refractivity contribution in [2.75, 3.05) is 7.11 Å². The monoisotopic (exact) mass is 267 g/mol. The second-order valence-electron chi connectivity index (χ2n) is 4.11. The Kier molecular flexibility index (Phi) is 2.45. The summed E-state index contributed by atoms with van der Waals surface area (Å²) in [6.07, 6.45) is -4.53. The van der Waals surface area contributed by atoms with Gasteiger partial charge in [0.2, 0.25) is 0 Å². The quantitative estimate of drug-likeness (QED) is 0.579. The van der Waals surface area contributed by atoms with E-state index in [-0.39, 0.29) is 11.2 Å². The molecule has 0 bridgehead atoms. The summed E-state index contributed by atoms with van der Waals surface area (Å²) in [4.78, 5) is 0. The maximum atomic E-state index is 13.2. The molecule has 3 rings (SSSR count). The molecule has 0 N–H and O–H groups in total. The third-order valence-electron chi connectivity index (χ3n) is 3.04. The third kappa shape index (κ3) is 1.73. The maximum absolute atomic E-state index is 13.2. The lowest BCUT2D eigenvalue weighted by atomic mass is 10.1. The lowest BCUT2D eigenvalue weighted by molar-refractivity contribution is -0.354. The number of hydrogen-bond donors (Lipinski definition) is 0. The summed E-state index contributed by atoms with van der Waals surface area (Å²) in [5.41, 5.74) is 0.118. The van der Waals surface area contributed by atoms with Gasteiger partial charge >= 0.3 is 6.36 Å². The van der Waals surface area contributed by atoms with Gasteiger partial charge in [-0.15, -0.1) is 0 Å². The smallest absolute Gasteiger partial charge is 0.497 e. The van der Waals surface area contributed by atoms with E-state index in [1.807, 2.05) is 0 Å². The highest BCUT2D eigenvalue weighted by Gasteiger charge is 2.44. The standard InChI is InChI=1S/C14H10F3O2/c1-18-9-6-7-13-11(8-9)10-4-2-3-5-12(10)19(13)14(15,16)17/h2-8H,1H3/q+1. The highest BCUT2D eigenvalue weighted by molar-refractivity contribution is 6.05. The van der Waals surface area contributed by atoms with E-state index in [0.717, 1.165) is 0 Å². The Morgan fingerprint density at radius 2 is 1.63 bits per heavy atom. The molecule has 0 aliphatic heterocycles. The fourth-order valence-electron chi connectivity index (χ4n) is 2.26. The van der Waals surface area contributed by atoms with Crippen molar-refractivity contribution >= 4 is 21.9 Å². The number of benzene rings is 2. The molecular weight excluding hydrogens is 257 g/mol. The Morgan fingerprint density at radius 1 is 0.947 bits per heavy atom. The van der Waals surface area contributed by atoms with Crippen LogP contribution in [0.5, 0.6) is 5.75 Å². The predicted molar refractivity (Wildman–Crippen MR) is 66.2 cm³/mol. The number of ether oxygens (including phenoxy) is 1. The van der Waals surface area contributed by atoms with Crippen LogP contribution in [0.4, 0.5) is 13.2 Å². The van der Waals surface area contributed by atoms with Crippen molar-refractivity contribution in [3.8, 4) is 5.75 Å². The van der Waals surface area contributed by atoms with Crippen LogP contribution >= 0.6 is 0 Å². The molecule has 0 fully saturated rings. The second kappa shape index (κ2) is 3.91. The summed E-state index contributed by atoms with van der Waals surface area (Å²) in [6.45, 7) is 0. The molecule has 0 radical (unpaired) electrons. The van der Waals surface area contributed by atoms with Crippen LogP contribution in [0.2, 0.25) is 0 Å². The molecule has 0 amide bonds. The molecule has 0 aliphatic carbocycles. The van der Waals surface area contributed by atoms with E-state index in [1.165, 1.54) is 29.4 Å². The molecule has 5 heteroatoms. The Bertz CT molecular complexity index is 756. The number of halogens is 3. The second-order valence-corrected chi connectivity index (χ2v) is 4.11. The Morgan fingerprint density at radius 3 is 2.32 bits per heavy atom. The Labute approximate surface area is 106 Å². The van der Waals surface area contributed by atoms with Gasteiger partial charge in [-0.05, 0) is 18.2 Å². The van der Waals surface area contributed by atoms with E-state index in [4.69, 9.17) is 4.74 Å². The number of methoxy groups -OCH3 is 1. The van der Waals surface area contributed by atoms with Gasteiger partial charge in [0, 0.05) is 12.1 Å². The van der Waals surface area contributed by atoms with Gasteiger partial charge in [0.25, 0.3) is 11.2 Å². The number of hydrogen-bond acceptors (Lipinski definition) is 1. The summed E-state index contributed by atoms with van der Waals surface area (Å²) in [5.74, 6) is 0.526. The minimum Gasteiger partial charge on any atom is -0.497 e. The van der Waals surface area contributed by atoms with Gasteiger partial charge in [0.15, 0.2) is 0 Å². The topological polar surface area (TPSA) is 11.9 Å². The van der Waals surface area contributed by atoms with E-state index in [0.29, 0.717) is 16.5 Å². The van der Waals surface area contributed by atoms with Crippen LogP contribution < -0.4 is 4.74 Å². The largest absolute Gasteiger partial charge is 0.701 e. The van der Waals surface area contributed by atoms with E-state index in [9.17, 15) is 13.2 Å². The van der Waals surface area contributed by atoms with Crippen LogP contribution in [0.3, 0.4) is 0 Å². The fourth-order valence-corrected chi connectivity index (χ4v) is 2.26. The third-order valence-corrected chi connectivity index (χ3v) is 3.04. The van der Waals surface area contributed by atoms with E-state index >= 15 is 0 Å². The van der Waals surface area contributed by atoms with Crippen molar-refractivity contribution in [1.29, 1.82) is 0 Å². The molecule has 2 aromatic carbocycles. The normalized spacial score (nSPS) is 12.2. The van der Waals surface area contributed by atoms with Gasteiger partial charge in [-0.25, -0.2) is 0 Å². The molecule has 3 aromatic rings. The first kappa shape index (κ1) is 11.9.